The zero-order valence-electron chi connectivity index (χ0n) is 15.1. The molecular formula is C19H24ClN3O3S. The molecule has 1 atom stereocenters. The lowest BCUT2D eigenvalue weighted by Gasteiger charge is -2.14. The first kappa shape index (κ1) is 21.2. The molecule has 1 fully saturated rings. The van der Waals surface area contributed by atoms with Crippen LogP contribution in [0.5, 0.6) is 0 Å². The van der Waals surface area contributed by atoms with Crippen LogP contribution in [0.4, 0.5) is 11.4 Å². The number of hydrogen-bond donors (Lipinski definition) is 3. The highest BCUT2D eigenvalue weighted by atomic mass is 35.5. The van der Waals surface area contributed by atoms with Crippen molar-refractivity contribution in [3.8, 4) is 0 Å². The normalized spacial score (nSPS) is 16.4. The van der Waals surface area contributed by atoms with Crippen LogP contribution < -0.4 is 15.4 Å². The fraction of sp³-hybridized carbons (Fsp3) is 0.316. The number of halogens is 1. The van der Waals surface area contributed by atoms with Gasteiger partial charge in [-0.25, -0.2) is 8.42 Å². The monoisotopic (exact) mass is 409 g/mol. The minimum Gasteiger partial charge on any atom is -0.326 e. The van der Waals surface area contributed by atoms with Crippen LogP contribution in [0.2, 0.25) is 0 Å². The number of benzene rings is 2. The van der Waals surface area contributed by atoms with Gasteiger partial charge >= 0.3 is 0 Å². The van der Waals surface area contributed by atoms with E-state index < -0.39 is 10.0 Å². The minimum absolute atomic E-state index is 0. The second-order valence-electron chi connectivity index (χ2n) is 6.50. The summed E-state index contributed by atoms with van der Waals surface area (Å²) in [6.45, 7) is 2.67. The van der Waals surface area contributed by atoms with E-state index in [-0.39, 0.29) is 29.3 Å². The maximum Gasteiger partial charge on any atom is 0.262 e. The molecule has 3 rings (SSSR count). The van der Waals surface area contributed by atoms with Crippen LogP contribution in [0.3, 0.4) is 0 Å². The van der Waals surface area contributed by atoms with Crippen molar-refractivity contribution in [1.82, 2.24) is 5.32 Å². The Morgan fingerprint density at radius 3 is 2.56 bits per heavy atom. The van der Waals surface area contributed by atoms with Crippen molar-refractivity contribution in [2.45, 2.75) is 37.1 Å². The molecule has 0 aromatic heterocycles. The van der Waals surface area contributed by atoms with E-state index in [4.69, 9.17) is 0 Å². The van der Waals surface area contributed by atoms with E-state index >= 15 is 0 Å². The molecule has 1 aliphatic heterocycles. The maximum absolute atomic E-state index is 12.7. The Morgan fingerprint density at radius 1 is 1.15 bits per heavy atom. The third-order valence-electron chi connectivity index (χ3n) is 4.38. The molecule has 6 nitrogen and oxygen atoms in total. The Labute approximate surface area is 166 Å². The van der Waals surface area contributed by atoms with Gasteiger partial charge in [0.05, 0.1) is 4.90 Å². The van der Waals surface area contributed by atoms with Crippen molar-refractivity contribution < 1.29 is 13.2 Å². The Balaban J connectivity index is 0.00000261. The predicted molar refractivity (Wildman–Crippen MR) is 110 cm³/mol. The highest BCUT2D eigenvalue weighted by Gasteiger charge is 2.20. The van der Waals surface area contributed by atoms with Crippen molar-refractivity contribution in [1.29, 1.82) is 0 Å². The lowest BCUT2D eigenvalue weighted by molar-refractivity contribution is -0.116. The van der Waals surface area contributed by atoms with Crippen LogP contribution in [0.1, 0.15) is 24.8 Å². The Bertz CT molecular complexity index is 882. The van der Waals surface area contributed by atoms with E-state index in [1.807, 2.05) is 6.07 Å². The van der Waals surface area contributed by atoms with Gasteiger partial charge in [-0.3, -0.25) is 9.52 Å². The van der Waals surface area contributed by atoms with E-state index in [1.54, 1.807) is 43.3 Å². The van der Waals surface area contributed by atoms with E-state index in [0.29, 0.717) is 23.4 Å². The molecule has 27 heavy (non-hydrogen) atoms. The van der Waals surface area contributed by atoms with E-state index in [2.05, 4.69) is 15.4 Å². The number of nitrogens with one attached hydrogen (secondary N) is 3. The molecule has 146 valence electrons. The molecule has 0 aliphatic carbocycles. The molecule has 1 heterocycles. The van der Waals surface area contributed by atoms with Crippen LogP contribution in [-0.2, 0) is 14.8 Å². The molecule has 0 radical (unpaired) electrons. The smallest absolute Gasteiger partial charge is 0.262 e. The molecule has 3 N–H and O–H groups in total. The largest absolute Gasteiger partial charge is 0.326 e. The molecular weight excluding hydrogens is 386 g/mol. The first-order valence-corrected chi connectivity index (χ1v) is 10.1. The van der Waals surface area contributed by atoms with Gasteiger partial charge in [-0.15, -0.1) is 12.4 Å². The summed E-state index contributed by atoms with van der Waals surface area (Å²) in [4.78, 5) is 12.3. The number of rotatable bonds is 6. The minimum atomic E-state index is -3.74. The standard InChI is InChI=1S/C19H23N3O3S.ClH/c1-14-9-10-17(21-19(23)13-16-8-5-11-20-16)12-18(14)26(24,25)22-15-6-3-2-4-7-15;/h2-4,6-7,9-10,12,16,20,22H,5,8,11,13H2,1H3,(H,21,23);1H. The van der Waals surface area contributed by atoms with Crippen molar-refractivity contribution in [3.63, 3.8) is 0 Å². The number of anilines is 2. The van der Waals surface area contributed by atoms with Gasteiger partial charge in [-0.05, 0) is 56.1 Å². The Kier molecular flexibility index (Phi) is 7.24. The fourth-order valence-electron chi connectivity index (χ4n) is 3.05. The van der Waals surface area contributed by atoms with Gasteiger partial charge in [0.15, 0.2) is 0 Å². The van der Waals surface area contributed by atoms with Gasteiger partial charge in [0.25, 0.3) is 10.0 Å². The van der Waals surface area contributed by atoms with Gasteiger partial charge < -0.3 is 10.6 Å². The molecule has 1 aliphatic rings. The zero-order chi connectivity index (χ0) is 18.6. The van der Waals surface area contributed by atoms with Crippen molar-refractivity contribution >= 4 is 39.7 Å². The van der Waals surface area contributed by atoms with Gasteiger partial charge in [0.2, 0.25) is 5.91 Å². The summed E-state index contributed by atoms with van der Waals surface area (Å²) in [7, 11) is -3.74. The van der Waals surface area contributed by atoms with Crippen LogP contribution in [0.15, 0.2) is 53.4 Å². The first-order valence-electron chi connectivity index (χ1n) is 8.66. The summed E-state index contributed by atoms with van der Waals surface area (Å²) in [5.41, 5.74) is 1.59. The average molecular weight is 410 g/mol. The lowest BCUT2D eigenvalue weighted by Crippen LogP contribution is -2.27. The predicted octanol–water partition coefficient (Wildman–Crippen LogP) is 3.30. The molecule has 0 bridgehead atoms. The molecule has 0 spiro atoms. The highest BCUT2D eigenvalue weighted by molar-refractivity contribution is 7.92. The Morgan fingerprint density at radius 2 is 1.89 bits per heavy atom. The van der Waals surface area contributed by atoms with Crippen molar-refractivity contribution in [3.05, 3.63) is 54.1 Å². The summed E-state index contributed by atoms with van der Waals surface area (Å²) in [6.07, 6.45) is 2.45. The molecule has 2 aromatic carbocycles. The summed E-state index contributed by atoms with van der Waals surface area (Å²) in [6, 6.07) is 13.8. The number of amides is 1. The second-order valence-corrected chi connectivity index (χ2v) is 8.15. The van der Waals surface area contributed by atoms with Crippen molar-refractivity contribution in [2.75, 3.05) is 16.6 Å². The zero-order valence-corrected chi connectivity index (χ0v) is 16.7. The van der Waals surface area contributed by atoms with Crippen LogP contribution in [-0.4, -0.2) is 26.9 Å². The molecule has 1 saturated heterocycles. The third kappa shape index (κ3) is 5.69. The lowest BCUT2D eigenvalue weighted by atomic mass is 10.1. The first-order chi connectivity index (χ1) is 12.4. The molecule has 8 heteroatoms. The van der Waals surface area contributed by atoms with Crippen LogP contribution in [0, 0.1) is 6.92 Å². The summed E-state index contributed by atoms with van der Waals surface area (Å²) in [5.74, 6) is -0.118. The summed E-state index contributed by atoms with van der Waals surface area (Å²) in [5, 5.41) is 6.08. The number of hydrogen-bond acceptors (Lipinski definition) is 4. The van der Waals surface area contributed by atoms with E-state index in [1.165, 1.54) is 6.07 Å². The molecule has 2 aromatic rings. The maximum atomic E-state index is 12.7. The van der Waals surface area contributed by atoms with Gasteiger partial charge in [0.1, 0.15) is 0 Å². The van der Waals surface area contributed by atoms with Gasteiger partial charge in [-0.2, -0.15) is 0 Å². The molecule has 0 saturated carbocycles. The highest BCUT2D eigenvalue weighted by Crippen LogP contribution is 2.23. The number of para-hydroxylation sites is 1. The van der Waals surface area contributed by atoms with Crippen molar-refractivity contribution in [2.24, 2.45) is 0 Å². The number of carbonyl (C=O) groups excluding carboxylic acids is 1. The summed E-state index contributed by atoms with van der Waals surface area (Å²) < 4.78 is 28.0. The number of aryl methyl sites for hydroxylation is 1. The van der Waals surface area contributed by atoms with E-state index in [0.717, 1.165) is 19.4 Å². The molecule has 1 unspecified atom stereocenters. The van der Waals surface area contributed by atoms with Gasteiger partial charge in [0, 0.05) is 23.8 Å². The number of sulfonamides is 1. The van der Waals surface area contributed by atoms with Gasteiger partial charge in [-0.1, -0.05) is 24.3 Å². The SMILES string of the molecule is Cc1ccc(NC(=O)CC2CCCN2)cc1S(=O)(=O)Nc1ccccc1.Cl. The second kappa shape index (κ2) is 9.21. The number of carbonyl (C=O) groups is 1. The quantitative estimate of drug-likeness (QED) is 0.683. The van der Waals surface area contributed by atoms with E-state index in [9.17, 15) is 13.2 Å². The topological polar surface area (TPSA) is 87.3 Å². The van der Waals surface area contributed by atoms with Crippen LogP contribution in [0.25, 0.3) is 0 Å². The van der Waals surface area contributed by atoms with Crippen LogP contribution >= 0.6 is 12.4 Å². The fourth-order valence-corrected chi connectivity index (χ4v) is 4.38. The summed E-state index contributed by atoms with van der Waals surface area (Å²) >= 11 is 0. The molecule has 1 amide bonds. The Hall–Kier alpha value is -2.09. The third-order valence-corrected chi connectivity index (χ3v) is 5.90. The average Bonchev–Trinajstić information content (AvgIpc) is 3.10.